The monoisotopic (exact) mass is 384 g/mol. The second kappa shape index (κ2) is 19.1. The van der Waals surface area contributed by atoms with E-state index in [1.54, 1.807) is 12.3 Å². The quantitative estimate of drug-likeness (QED) is 0.282. The third kappa shape index (κ3) is 13.5. The number of hydrogen-bond donors (Lipinski definition) is 1. The first-order valence-electron chi connectivity index (χ1n) is 9.47. The van der Waals surface area contributed by atoms with Crippen LogP contribution in [-0.2, 0) is 6.42 Å². The summed E-state index contributed by atoms with van der Waals surface area (Å²) in [6.07, 6.45) is 16.6. The summed E-state index contributed by atoms with van der Waals surface area (Å²) in [4.78, 5) is 0. The van der Waals surface area contributed by atoms with Crippen molar-refractivity contribution in [2.45, 2.75) is 47.1 Å². The molecule has 28 heavy (non-hydrogen) atoms. The van der Waals surface area contributed by atoms with Gasteiger partial charge in [0.2, 0.25) is 0 Å². The highest BCUT2D eigenvalue weighted by molar-refractivity contribution is 5.56. The van der Waals surface area contributed by atoms with Gasteiger partial charge in [-0.3, -0.25) is 4.39 Å². The molecule has 0 radical (unpaired) electrons. The molecule has 0 saturated carbocycles. The van der Waals surface area contributed by atoms with Gasteiger partial charge in [-0.25, -0.2) is 0 Å². The van der Waals surface area contributed by atoms with Crippen LogP contribution in [0.25, 0.3) is 6.08 Å². The number of hydrazone groups is 1. The van der Waals surface area contributed by atoms with Crippen LogP contribution >= 0.6 is 0 Å². The fourth-order valence-corrected chi connectivity index (χ4v) is 2.13. The molecule has 0 spiro atoms. The van der Waals surface area contributed by atoms with E-state index in [0.29, 0.717) is 7.18 Å². The number of benzene rings is 1. The van der Waals surface area contributed by atoms with Crippen molar-refractivity contribution in [1.82, 2.24) is 5.43 Å². The zero-order valence-electron chi connectivity index (χ0n) is 18.4. The highest BCUT2D eigenvalue weighted by atomic mass is 19.1. The summed E-state index contributed by atoms with van der Waals surface area (Å²) in [5, 5.41) is 4.07. The molecule has 3 heteroatoms. The lowest BCUT2D eigenvalue weighted by Crippen LogP contribution is -2.12. The number of allylic oxidation sites excluding steroid dienone is 7. The summed E-state index contributed by atoms with van der Waals surface area (Å²) < 4.78 is 9.50. The molecule has 1 unspecified atom stereocenters. The summed E-state index contributed by atoms with van der Waals surface area (Å²) in [5.74, 6) is 0. The number of alkyl halides is 1. The fourth-order valence-electron chi connectivity index (χ4n) is 2.13. The van der Waals surface area contributed by atoms with E-state index in [1.807, 2.05) is 51.2 Å². The number of aryl methyl sites for hydroxylation is 1. The minimum absolute atomic E-state index is 0.226. The molecule has 0 fully saturated rings. The molecule has 1 aromatic rings. The van der Waals surface area contributed by atoms with Crippen molar-refractivity contribution in [3.05, 3.63) is 90.1 Å². The molecular weight excluding hydrogens is 347 g/mol. The Hall–Kier alpha value is -2.68. The minimum atomic E-state index is 0.226. The molecular formula is C25H37FN2. The van der Waals surface area contributed by atoms with E-state index in [9.17, 15) is 4.39 Å². The molecule has 0 aliphatic rings. The molecule has 0 amide bonds. The van der Waals surface area contributed by atoms with Crippen LogP contribution in [-0.4, -0.2) is 13.4 Å². The number of nitrogens with one attached hydrogen (secondary N) is 1. The van der Waals surface area contributed by atoms with Crippen LogP contribution < -0.4 is 5.43 Å². The summed E-state index contributed by atoms with van der Waals surface area (Å²) in [6.45, 7) is 17.6. The van der Waals surface area contributed by atoms with Crippen LogP contribution in [0, 0.1) is 0 Å². The van der Waals surface area contributed by atoms with Gasteiger partial charge in [-0.1, -0.05) is 86.4 Å². The number of nitrogens with zero attached hydrogens (tertiary/aromatic N) is 1. The van der Waals surface area contributed by atoms with Gasteiger partial charge < -0.3 is 5.43 Å². The van der Waals surface area contributed by atoms with Crippen molar-refractivity contribution < 1.29 is 4.39 Å². The van der Waals surface area contributed by atoms with Crippen LogP contribution in [0.2, 0.25) is 0 Å². The van der Waals surface area contributed by atoms with Crippen molar-refractivity contribution >= 4 is 12.3 Å². The average molecular weight is 385 g/mol. The molecule has 2 nitrogen and oxygen atoms in total. The van der Waals surface area contributed by atoms with Gasteiger partial charge in [0, 0.05) is 6.21 Å². The van der Waals surface area contributed by atoms with Crippen LogP contribution in [0.3, 0.4) is 0 Å². The van der Waals surface area contributed by atoms with Gasteiger partial charge in [-0.2, -0.15) is 5.10 Å². The Bertz CT molecular complexity index is 667. The normalized spacial score (nSPS) is 11.8. The SMILES string of the molecule is C=C(C)/C=C\C=C/C.C=C/C=C\c1ccc(C(C)N/N=C\C)cc1CC.CF. The van der Waals surface area contributed by atoms with Crippen LogP contribution in [0.4, 0.5) is 4.39 Å². The van der Waals surface area contributed by atoms with E-state index < -0.39 is 0 Å². The first kappa shape index (κ1) is 27.5. The van der Waals surface area contributed by atoms with E-state index in [1.165, 1.54) is 16.7 Å². The summed E-state index contributed by atoms with van der Waals surface area (Å²) in [7, 11) is 0.500. The Morgan fingerprint density at radius 2 is 1.89 bits per heavy atom. The third-order valence-corrected chi connectivity index (χ3v) is 3.54. The van der Waals surface area contributed by atoms with E-state index in [0.717, 1.165) is 12.0 Å². The number of hydrogen-bond acceptors (Lipinski definition) is 2. The Morgan fingerprint density at radius 1 is 1.21 bits per heavy atom. The topological polar surface area (TPSA) is 24.4 Å². The Balaban J connectivity index is 0. The zero-order chi connectivity index (χ0) is 21.8. The van der Waals surface area contributed by atoms with Crippen molar-refractivity contribution in [1.29, 1.82) is 0 Å². The van der Waals surface area contributed by atoms with E-state index in [2.05, 4.69) is 61.8 Å². The van der Waals surface area contributed by atoms with Gasteiger partial charge in [0.1, 0.15) is 0 Å². The second-order valence-corrected chi connectivity index (χ2v) is 5.88. The lowest BCUT2D eigenvalue weighted by atomic mass is 9.98. The van der Waals surface area contributed by atoms with Gasteiger partial charge in [0.15, 0.2) is 0 Å². The maximum absolute atomic E-state index is 9.50. The third-order valence-electron chi connectivity index (χ3n) is 3.54. The molecule has 1 atom stereocenters. The van der Waals surface area contributed by atoms with Gasteiger partial charge in [-0.05, 0) is 50.8 Å². The van der Waals surface area contributed by atoms with Crippen molar-refractivity contribution in [3.8, 4) is 0 Å². The maximum Gasteiger partial charge on any atom is 0.0785 e. The van der Waals surface area contributed by atoms with Crippen LogP contribution in [0.5, 0.6) is 0 Å². The van der Waals surface area contributed by atoms with Gasteiger partial charge in [0.05, 0.1) is 13.2 Å². The molecule has 0 aromatic heterocycles. The fraction of sp³-hybridized carbons (Fsp3) is 0.320. The Kier molecular flexibility index (Phi) is 18.8. The van der Waals surface area contributed by atoms with Crippen molar-refractivity contribution in [2.75, 3.05) is 7.18 Å². The smallest absolute Gasteiger partial charge is 0.0785 e. The van der Waals surface area contributed by atoms with E-state index >= 15 is 0 Å². The molecule has 154 valence electrons. The lowest BCUT2D eigenvalue weighted by molar-refractivity contribution is 0.606. The number of halogens is 1. The standard InChI is InChI=1S/C16H22N2.C8H12.CH3F/c1-5-8-9-15-10-11-16(12-14(15)6-2)13(4)18-17-7-3;1-4-5-6-7-8(2)3;1-2/h5,7-13,18H,1,6H2,2-4H3;4-7H,2H2,1,3H3;1H3/b9-8-,17-7-;5-4-,7-6-;. The zero-order valence-corrected chi connectivity index (χ0v) is 18.4. The molecule has 0 heterocycles. The highest BCUT2D eigenvalue weighted by Crippen LogP contribution is 2.19. The van der Waals surface area contributed by atoms with Gasteiger partial charge in [-0.15, -0.1) is 0 Å². The maximum atomic E-state index is 9.50. The Labute approximate surface area is 172 Å². The lowest BCUT2D eigenvalue weighted by Gasteiger charge is -2.14. The molecule has 0 saturated heterocycles. The van der Waals surface area contributed by atoms with Gasteiger partial charge in [0.25, 0.3) is 0 Å². The average Bonchev–Trinajstić information content (AvgIpc) is 2.72. The molecule has 1 N–H and O–H groups in total. The predicted molar refractivity (Wildman–Crippen MR) is 127 cm³/mol. The number of rotatable bonds is 8. The van der Waals surface area contributed by atoms with Crippen molar-refractivity contribution in [3.63, 3.8) is 0 Å². The molecule has 1 aromatic carbocycles. The first-order valence-corrected chi connectivity index (χ1v) is 9.47. The molecule has 0 aliphatic heterocycles. The first-order chi connectivity index (χ1) is 13.5. The van der Waals surface area contributed by atoms with Crippen LogP contribution in [0.15, 0.2) is 78.5 Å². The Morgan fingerprint density at radius 3 is 2.39 bits per heavy atom. The summed E-state index contributed by atoms with van der Waals surface area (Å²) in [5.41, 5.74) is 8.05. The van der Waals surface area contributed by atoms with Crippen LogP contribution in [0.1, 0.15) is 57.4 Å². The largest absolute Gasteiger partial charge is 0.303 e. The second-order valence-electron chi connectivity index (χ2n) is 5.88. The summed E-state index contributed by atoms with van der Waals surface area (Å²) in [6, 6.07) is 6.77. The van der Waals surface area contributed by atoms with E-state index in [-0.39, 0.29) is 6.04 Å². The minimum Gasteiger partial charge on any atom is -0.303 e. The molecule has 1 rings (SSSR count). The van der Waals surface area contributed by atoms with Crippen molar-refractivity contribution in [2.24, 2.45) is 5.10 Å². The highest BCUT2D eigenvalue weighted by Gasteiger charge is 2.06. The predicted octanol–water partition coefficient (Wildman–Crippen LogP) is 7.39. The summed E-state index contributed by atoms with van der Waals surface area (Å²) >= 11 is 0. The van der Waals surface area contributed by atoms with E-state index in [4.69, 9.17) is 0 Å². The van der Waals surface area contributed by atoms with Gasteiger partial charge >= 0.3 is 0 Å². The molecule has 0 aliphatic carbocycles. The molecule has 0 bridgehead atoms.